The van der Waals surface area contributed by atoms with Crippen molar-refractivity contribution >= 4 is 6.29 Å². The zero-order valence-electron chi connectivity index (χ0n) is 10.2. The SMILES string of the molecule is CCCCCCC[C@H]1CC[C@H](C=O)CC1. The first kappa shape index (κ1) is 12.7. The van der Waals surface area contributed by atoms with E-state index in [0.29, 0.717) is 5.92 Å². The maximum absolute atomic E-state index is 10.6. The van der Waals surface area contributed by atoms with Gasteiger partial charge in [-0.05, 0) is 31.6 Å². The summed E-state index contributed by atoms with van der Waals surface area (Å²) in [6.07, 6.45) is 14.5. The Morgan fingerprint density at radius 1 is 1.00 bits per heavy atom. The van der Waals surface area contributed by atoms with Crippen molar-refractivity contribution in [2.24, 2.45) is 11.8 Å². The van der Waals surface area contributed by atoms with Crippen LogP contribution in [0.2, 0.25) is 0 Å². The molecule has 0 spiro atoms. The van der Waals surface area contributed by atoms with Crippen LogP contribution in [-0.2, 0) is 4.79 Å². The Kier molecular flexibility index (Phi) is 6.71. The largest absolute Gasteiger partial charge is 0.303 e. The second-order valence-electron chi connectivity index (χ2n) is 5.12. The summed E-state index contributed by atoms with van der Waals surface area (Å²) in [5.41, 5.74) is 0. The van der Waals surface area contributed by atoms with Crippen molar-refractivity contribution in [1.82, 2.24) is 0 Å². The fraction of sp³-hybridized carbons (Fsp3) is 0.929. The molecule has 0 heterocycles. The van der Waals surface area contributed by atoms with Crippen LogP contribution in [0.15, 0.2) is 0 Å². The smallest absolute Gasteiger partial charge is 0.123 e. The first-order valence-corrected chi connectivity index (χ1v) is 6.82. The van der Waals surface area contributed by atoms with E-state index in [2.05, 4.69) is 6.92 Å². The molecule has 0 aliphatic heterocycles. The predicted molar refractivity (Wildman–Crippen MR) is 64.9 cm³/mol. The van der Waals surface area contributed by atoms with Crippen molar-refractivity contribution in [1.29, 1.82) is 0 Å². The highest BCUT2D eigenvalue weighted by Gasteiger charge is 2.19. The minimum absolute atomic E-state index is 0.390. The van der Waals surface area contributed by atoms with Gasteiger partial charge in [0.2, 0.25) is 0 Å². The van der Waals surface area contributed by atoms with Crippen LogP contribution in [0, 0.1) is 11.8 Å². The third kappa shape index (κ3) is 5.34. The zero-order chi connectivity index (χ0) is 10.9. The lowest BCUT2D eigenvalue weighted by molar-refractivity contribution is -0.112. The Labute approximate surface area is 94.6 Å². The van der Waals surface area contributed by atoms with E-state index in [1.54, 1.807) is 0 Å². The van der Waals surface area contributed by atoms with Gasteiger partial charge in [-0.2, -0.15) is 0 Å². The van der Waals surface area contributed by atoms with Gasteiger partial charge >= 0.3 is 0 Å². The Morgan fingerprint density at radius 2 is 1.67 bits per heavy atom. The fourth-order valence-corrected chi connectivity index (χ4v) is 2.65. The Bertz CT molecular complexity index is 157. The molecular formula is C14H26O. The molecule has 0 unspecified atom stereocenters. The molecule has 0 aromatic heterocycles. The van der Waals surface area contributed by atoms with Gasteiger partial charge in [-0.15, -0.1) is 0 Å². The maximum Gasteiger partial charge on any atom is 0.123 e. The van der Waals surface area contributed by atoms with E-state index in [1.807, 2.05) is 0 Å². The summed E-state index contributed by atoms with van der Waals surface area (Å²) in [7, 11) is 0. The second-order valence-corrected chi connectivity index (χ2v) is 5.12. The van der Waals surface area contributed by atoms with Gasteiger partial charge < -0.3 is 4.79 Å². The summed E-state index contributed by atoms with van der Waals surface area (Å²) in [6, 6.07) is 0. The molecule has 1 aliphatic rings. The van der Waals surface area contributed by atoms with Crippen LogP contribution in [0.25, 0.3) is 0 Å². The van der Waals surface area contributed by atoms with Crippen LogP contribution < -0.4 is 0 Å². The van der Waals surface area contributed by atoms with Gasteiger partial charge in [0.05, 0.1) is 0 Å². The first-order chi connectivity index (χ1) is 7.36. The minimum Gasteiger partial charge on any atom is -0.303 e. The number of carbonyl (C=O) groups excluding carboxylic acids is 1. The molecular weight excluding hydrogens is 184 g/mol. The van der Waals surface area contributed by atoms with E-state index in [0.717, 1.165) is 25.0 Å². The molecule has 1 saturated carbocycles. The maximum atomic E-state index is 10.6. The molecule has 0 aromatic rings. The van der Waals surface area contributed by atoms with Crippen molar-refractivity contribution in [2.45, 2.75) is 71.1 Å². The molecule has 0 N–H and O–H groups in total. The highest BCUT2D eigenvalue weighted by molar-refractivity contribution is 5.53. The van der Waals surface area contributed by atoms with Crippen molar-refractivity contribution in [3.63, 3.8) is 0 Å². The summed E-state index contributed by atoms with van der Waals surface area (Å²) in [4.78, 5) is 10.6. The van der Waals surface area contributed by atoms with E-state index in [1.165, 1.54) is 51.4 Å². The first-order valence-electron chi connectivity index (χ1n) is 6.82. The molecule has 0 bridgehead atoms. The lowest BCUT2D eigenvalue weighted by Crippen LogP contribution is -2.15. The lowest BCUT2D eigenvalue weighted by Gasteiger charge is -2.25. The van der Waals surface area contributed by atoms with E-state index in [9.17, 15) is 4.79 Å². The monoisotopic (exact) mass is 210 g/mol. The molecule has 15 heavy (non-hydrogen) atoms. The molecule has 88 valence electrons. The topological polar surface area (TPSA) is 17.1 Å². The van der Waals surface area contributed by atoms with Crippen LogP contribution in [0.3, 0.4) is 0 Å². The standard InChI is InChI=1S/C14H26O/c1-2-3-4-5-6-7-13-8-10-14(12-15)11-9-13/h12-14H,2-11H2,1H3/t13-,14-. The summed E-state index contributed by atoms with van der Waals surface area (Å²) < 4.78 is 0. The zero-order valence-corrected chi connectivity index (χ0v) is 10.2. The van der Waals surface area contributed by atoms with E-state index in [-0.39, 0.29) is 0 Å². The van der Waals surface area contributed by atoms with Gasteiger partial charge in [0.15, 0.2) is 0 Å². The highest BCUT2D eigenvalue weighted by atomic mass is 16.1. The molecule has 1 fully saturated rings. The molecule has 0 amide bonds. The molecule has 1 aliphatic carbocycles. The molecule has 0 radical (unpaired) electrons. The third-order valence-electron chi connectivity index (χ3n) is 3.80. The predicted octanol–water partition coefficient (Wildman–Crippen LogP) is 4.35. The van der Waals surface area contributed by atoms with E-state index < -0.39 is 0 Å². The van der Waals surface area contributed by atoms with Crippen molar-refractivity contribution in [2.75, 3.05) is 0 Å². The average molecular weight is 210 g/mol. The van der Waals surface area contributed by atoms with Crippen LogP contribution in [0.4, 0.5) is 0 Å². The van der Waals surface area contributed by atoms with Crippen molar-refractivity contribution in [3.8, 4) is 0 Å². The molecule has 0 aromatic carbocycles. The van der Waals surface area contributed by atoms with Crippen molar-refractivity contribution in [3.05, 3.63) is 0 Å². The molecule has 0 saturated heterocycles. The van der Waals surface area contributed by atoms with Crippen LogP contribution in [0.5, 0.6) is 0 Å². The molecule has 1 nitrogen and oxygen atoms in total. The number of hydrogen-bond acceptors (Lipinski definition) is 1. The number of aldehydes is 1. The summed E-state index contributed by atoms with van der Waals surface area (Å²) in [5, 5.41) is 0. The Balaban J connectivity index is 1.96. The third-order valence-corrected chi connectivity index (χ3v) is 3.80. The van der Waals surface area contributed by atoms with Gasteiger partial charge in [0, 0.05) is 5.92 Å². The van der Waals surface area contributed by atoms with Crippen LogP contribution in [-0.4, -0.2) is 6.29 Å². The number of unbranched alkanes of at least 4 members (excludes halogenated alkanes) is 4. The Morgan fingerprint density at radius 3 is 2.27 bits per heavy atom. The van der Waals surface area contributed by atoms with Gasteiger partial charge in [-0.1, -0.05) is 45.4 Å². The number of rotatable bonds is 7. The van der Waals surface area contributed by atoms with Gasteiger partial charge in [0.25, 0.3) is 0 Å². The summed E-state index contributed by atoms with van der Waals surface area (Å²) in [6.45, 7) is 2.26. The molecule has 1 rings (SSSR count). The van der Waals surface area contributed by atoms with Crippen LogP contribution >= 0.6 is 0 Å². The van der Waals surface area contributed by atoms with Crippen LogP contribution in [0.1, 0.15) is 71.1 Å². The molecule has 0 atom stereocenters. The highest BCUT2D eigenvalue weighted by Crippen LogP contribution is 2.30. The van der Waals surface area contributed by atoms with E-state index >= 15 is 0 Å². The second kappa shape index (κ2) is 7.90. The normalized spacial score (nSPS) is 26.5. The fourth-order valence-electron chi connectivity index (χ4n) is 2.65. The minimum atomic E-state index is 0.390. The van der Waals surface area contributed by atoms with Crippen molar-refractivity contribution < 1.29 is 4.79 Å². The average Bonchev–Trinajstić information content (AvgIpc) is 2.30. The van der Waals surface area contributed by atoms with Gasteiger partial charge in [-0.25, -0.2) is 0 Å². The van der Waals surface area contributed by atoms with Gasteiger partial charge in [-0.3, -0.25) is 0 Å². The lowest BCUT2D eigenvalue weighted by atomic mass is 9.80. The Hall–Kier alpha value is -0.330. The summed E-state index contributed by atoms with van der Waals surface area (Å²) in [5.74, 6) is 1.32. The number of hydrogen-bond donors (Lipinski definition) is 0. The molecule has 1 heteroatoms. The quantitative estimate of drug-likeness (QED) is 0.451. The van der Waals surface area contributed by atoms with Gasteiger partial charge in [0.1, 0.15) is 6.29 Å². The number of carbonyl (C=O) groups is 1. The summed E-state index contributed by atoms with van der Waals surface area (Å²) >= 11 is 0. The van der Waals surface area contributed by atoms with E-state index in [4.69, 9.17) is 0 Å².